The van der Waals surface area contributed by atoms with Gasteiger partial charge in [-0.3, -0.25) is 4.79 Å². The van der Waals surface area contributed by atoms with E-state index in [1.54, 1.807) is 12.1 Å². The van der Waals surface area contributed by atoms with Gasteiger partial charge in [-0.1, -0.05) is 11.6 Å². The van der Waals surface area contributed by atoms with Gasteiger partial charge in [0.25, 0.3) is 0 Å². The molecule has 1 heterocycles. The van der Waals surface area contributed by atoms with Crippen LogP contribution in [0.4, 0.5) is 5.69 Å². The molecule has 7 nitrogen and oxygen atoms in total. The molecule has 1 aromatic carbocycles. The predicted molar refractivity (Wildman–Crippen MR) is 108 cm³/mol. The summed E-state index contributed by atoms with van der Waals surface area (Å²) < 4.78 is 29.9. The number of ether oxygens (including phenoxy) is 1. The average molecular weight is 453 g/mol. The Labute approximate surface area is 178 Å². The van der Waals surface area contributed by atoms with Crippen molar-refractivity contribution >= 4 is 33.1 Å². The molecule has 160 valence electrons. The number of hydrogen-bond acceptors (Lipinski definition) is 6. The van der Waals surface area contributed by atoms with Crippen LogP contribution in [0, 0.1) is 5.92 Å². The highest BCUT2D eigenvalue weighted by atomic mass is 35.5. The van der Waals surface area contributed by atoms with E-state index in [1.165, 1.54) is 13.4 Å². The van der Waals surface area contributed by atoms with Crippen LogP contribution in [-0.2, 0) is 10.0 Å². The normalized spacial score (nSPS) is 15.8. The number of Topliss-reactive ketones (excluding diaryl/α,β-unsaturated/α-hetero) is 1. The molecule has 2 rings (SSSR count). The van der Waals surface area contributed by atoms with E-state index < -0.39 is 10.0 Å². The van der Waals surface area contributed by atoms with Crippen molar-refractivity contribution in [2.24, 2.45) is 5.92 Å². The summed E-state index contributed by atoms with van der Waals surface area (Å²) in [7, 11) is -1.63. The molecule has 0 aromatic heterocycles. The largest absolute Gasteiger partial charge is 1.00 e. The van der Waals surface area contributed by atoms with Crippen molar-refractivity contribution in [3.05, 3.63) is 22.7 Å². The molecule has 10 heteroatoms. The van der Waals surface area contributed by atoms with Gasteiger partial charge in [-0.2, -0.15) is 0 Å². The smallest absolute Gasteiger partial charge is 0.208 e. The van der Waals surface area contributed by atoms with E-state index in [4.69, 9.17) is 22.1 Å². The van der Waals surface area contributed by atoms with Gasteiger partial charge in [-0.15, -0.1) is 0 Å². The zero-order valence-electron chi connectivity index (χ0n) is 16.2. The van der Waals surface area contributed by atoms with Crippen LogP contribution in [0.1, 0.15) is 36.0 Å². The lowest BCUT2D eigenvalue weighted by molar-refractivity contribution is -0.0000166. The first-order chi connectivity index (χ1) is 12.7. The van der Waals surface area contributed by atoms with Crippen molar-refractivity contribution in [2.45, 2.75) is 25.7 Å². The number of halogens is 2. The summed E-state index contributed by atoms with van der Waals surface area (Å²) in [6.07, 6.45) is 4.44. The monoisotopic (exact) mass is 452 g/mol. The van der Waals surface area contributed by atoms with Gasteiger partial charge in [0.1, 0.15) is 5.75 Å². The molecule has 0 aliphatic carbocycles. The van der Waals surface area contributed by atoms with Crippen LogP contribution in [0.5, 0.6) is 5.75 Å². The third-order valence-corrected chi connectivity index (χ3v) is 5.95. The molecule has 0 saturated carbocycles. The van der Waals surface area contributed by atoms with Gasteiger partial charge in [-0.25, -0.2) is 13.1 Å². The van der Waals surface area contributed by atoms with Gasteiger partial charge in [0, 0.05) is 25.6 Å². The minimum Gasteiger partial charge on any atom is -1.00 e. The van der Waals surface area contributed by atoms with Crippen LogP contribution in [-0.4, -0.2) is 58.6 Å². The second-order valence-electron chi connectivity index (χ2n) is 6.99. The Morgan fingerprint density at radius 1 is 1.36 bits per heavy atom. The number of carbonyl (C=O) groups excluding carboxylic acids is 1. The van der Waals surface area contributed by atoms with Crippen LogP contribution in [0.15, 0.2) is 12.1 Å². The molecule has 0 amide bonds. The Morgan fingerprint density at radius 2 is 2.00 bits per heavy atom. The highest BCUT2D eigenvalue weighted by Gasteiger charge is 2.21. The number of nitrogens with two attached hydrogens (primary N) is 1. The zero-order chi connectivity index (χ0) is 20.0. The van der Waals surface area contributed by atoms with E-state index >= 15 is 0 Å². The maximum absolute atomic E-state index is 12.6. The van der Waals surface area contributed by atoms with Crippen LogP contribution in [0.2, 0.25) is 5.02 Å². The highest BCUT2D eigenvalue weighted by molar-refractivity contribution is 7.88. The number of methoxy groups -OCH3 is 1. The number of piperidine rings is 1. The number of nitrogen functional groups attached to an aromatic ring is 1. The van der Waals surface area contributed by atoms with Crippen LogP contribution in [0.25, 0.3) is 0 Å². The Balaban J connectivity index is 0.00000392. The summed E-state index contributed by atoms with van der Waals surface area (Å²) >= 11 is 6.04. The quantitative estimate of drug-likeness (QED) is 0.374. The zero-order valence-corrected chi connectivity index (χ0v) is 18.5. The highest BCUT2D eigenvalue weighted by Crippen LogP contribution is 2.31. The third-order valence-electron chi connectivity index (χ3n) is 4.90. The fourth-order valence-electron chi connectivity index (χ4n) is 3.31. The van der Waals surface area contributed by atoms with Gasteiger partial charge in [0.15, 0.2) is 5.78 Å². The molecule has 1 aliphatic rings. The van der Waals surface area contributed by atoms with E-state index in [0.717, 1.165) is 32.4 Å². The number of nitrogens with zero attached hydrogens (tertiary/aromatic N) is 1. The molecule has 0 unspecified atom stereocenters. The average Bonchev–Trinajstić information content (AvgIpc) is 2.61. The lowest BCUT2D eigenvalue weighted by Crippen LogP contribution is -3.00. The first-order valence-electron chi connectivity index (χ1n) is 9.03. The Hall–Kier alpha value is -1.06. The minimum atomic E-state index is -3.13. The summed E-state index contributed by atoms with van der Waals surface area (Å²) in [4.78, 5) is 14.8. The molecule has 0 bridgehead atoms. The fourth-order valence-corrected chi connectivity index (χ4v) is 3.94. The Morgan fingerprint density at radius 3 is 2.57 bits per heavy atom. The van der Waals surface area contributed by atoms with Crippen molar-refractivity contribution in [1.29, 1.82) is 0 Å². The minimum absolute atomic E-state index is 0. The second kappa shape index (κ2) is 11.2. The fraction of sp³-hybridized carbons (Fsp3) is 0.611. The van der Waals surface area contributed by atoms with Gasteiger partial charge < -0.3 is 27.8 Å². The van der Waals surface area contributed by atoms with E-state index in [9.17, 15) is 13.2 Å². The van der Waals surface area contributed by atoms with Crippen molar-refractivity contribution in [3.63, 3.8) is 0 Å². The molecule has 0 atom stereocenters. The Bertz CT molecular complexity index is 766. The number of sulfonamides is 1. The van der Waals surface area contributed by atoms with Crippen molar-refractivity contribution in [2.75, 3.05) is 45.3 Å². The SMILES string of the molecule is COc1cc(N)c(Cl)cc1C(=O)CCC1CCN(CCNS(C)(=O)=O)CC1.[Cl-]. The number of carbonyl (C=O) groups is 1. The van der Waals surface area contributed by atoms with Crippen LogP contribution < -0.4 is 27.6 Å². The van der Waals surface area contributed by atoms with Crippen molar-refractivity contribution < 1.29 is 30.4 Å². The first kappa shape index (κ1) is 25.0. The van der Waals surface area contributed by atoms with E-state index in [1.807, 2.05) is 0 Å². The lowest BCUT2D eigenvalue weighted by Gasteiger charge is -2.31. The van der Waals surface area contributed by atoms with Crippen LogP contribution >= 0.6 is 11.6 Å². The number of nitrogens with one attached hydrogen (secondary N) is 1. The summed E-state index contributed by atoms with van der Waals surface area (Å²) in [5.41, 5.74) is 6.63. The number of ketones is 1. The number of rotatable bonds is 9. The first-order valence-corrected chi connectivity index (χ1v) is 11.3. The van der Waals surface area contributed by atoms with Crippen LogP contribution in [0.3, 0.4) is 0 Å². The number of anilines is 1. The summed E-state index contributed by atoms with van der Waals surface area (Å²) in [5.74, 6) is 0.951. The maximum Gasteiger partial charge on any atom is 0.208 e. The molecule has 28 heavy (non-hydrogen) atoms. The number of likely N-dealkylation sites (tertiary alicyclic amines) is 1. The molecular formula is C18H28Cl2N3O4S-. The molecule has 1 saturated heterocycles. The molecule has 1 aromatic rings. The second-order valence-corrected chi connectivity index (χ2v) is 9.23. The molecule has 0 spiro atoms. The maximum atomic E-state index is 12.6. The van der Waals surface area contributed by atoms with E-state index in [-0.39, 0.29) is 18.2 Å². The third kappa shape index (κ3) is 7.75. The van der Waals surface area contributed by atoms with E-state index in [0.29, 0.717) is 47.5 Å². The molecule has 3 N–H and O–H groups in total. The number of benzene rings is 1. The molecular weight excluding hydrogens is 425 g/mol. The summed E-state index contributed by atoms with van der Waals surface area (Å²) in [6, 6.07) is 3.16. The van der Waals surface area contributed by atoms with Crippen molar-refractivity contribution in [1.82, 2.24) is 9.62 Å². The topological polar surface area (TPSA) is 102 Å². The lowest BCUT2D eigenvalue weighted by atomic mass is 9.90. The van der Waals surface area contributed by atoms with Gasteiger partial charge >= 0.3 is 0 Å². The summed E-state index contributed by atoms with van der Waals surface area (Å²) in [6.45, 7) is 2.97. The van der Waals surface area contributed by atoms with Crippen molar-refractivity contribution in [3.8, 4) is 5.75 Å². The number of hydrogen-bond donors (Lipinski definition) is 2. The standard InChI is InChI=1S/C18H28ClN3O4S.ClH/c1-26-18-12-16(20)15(19)11-14(18)17(23)4-3-13-5-8-22(9-6-13)10-7-21-27(2,24)25;/h11-13,21H,3-10,20H2,1-2H3;1H/p-1. The molecule has 1 fully saturated rings. The summed E-state index contributed by atoms with van der Waals surface area (Å²) in [5, 5.41) is 0.357. The van der Waals surface area contributed by atoms with E-state index in [2.05, 4.69) is 9.62 Å². The van der Waals surface area contributed by atoms with Gasteiger partial charge in [0.2, 0.25) is 10.0 Å². The Kier molecular flexibility index (Phi) is 10.00. The van der Waals surface area contributed by atoms with Gasteiger partial charge in [-0.05, 0) is 44.3 Å². The predicted octanol–water partition coefficient (Wildman–Crippen LogP) is -0.841. The molecule has 1 aliphatic heterocycles. The molecule has 0 radical (unpaired) electrons. The van der Waals surface area contributed by atoms with Gasteiger partial charge in [0.05, 0.1) is 29.6 Å².